The summed E-state index contributed by atoms with van der Waals surface area (Å²) in [4.78, 5) is 23.3. The molecule has 2 aromatic carbocycles. The number of amides is 1. The molecule has 4 nitrogen and oxygen atoms in total. The molecule has 2 aromatic rings. The highest BCUT2D eigenvalue weighted by Crippen LogP contribution is 2.25. The Morgan fingerprint density at radius 2 is 1.90 bits per heavy atom. The van der Waals surface area contributed by atoms with E-state index in [2.05, 4.69) is 21.2 Å². The fourth-order valence-electron chi connectivity index (χ4n) is 1.78. The van der Waals surface area contributed by atoms with Gasteiger partial charge in [0.2, 0.25) is 0 Å². The number of carbonyl (C=O) groups excluding carboxylic acids is 1. The maximum absolute atomic E-state index is 12.3. The maximum Gasteiger partial charge on any atom is 0.335 e. The molecule has 0 fully saturated rings. The molecule has 2 N–H and O–H groups in total. The van der Waals surface area contributed by atoms with Gasteiger partial charge in [-0.2, -0.15) is 0 Å². The molecule has 0 radical (unpaired) electrons. The smallest absolute Gasteiger partial charge is 0.335 e. The van der Waals surface area contributed by atoms with Gasteiger partial charge in [0.05, 0.1) is 11.3 Å². The van der Waals surface area contributed by atoms with Crippen LogP contribution in [-0.4, -0.2) is 17.0 Å². The van der Waals surface area contributed by atoms with Crippen LogP contribution in [0.4, 0.5) is 5.69 Å². The number of carboxylic acids is 1. The van der Waals surface area contributed by atoms with Crippen molar-refractivity contribution in [2.75, 3.05) is 5.32 Å². The average Bonchev–Trinajstić information content (AvgIpc) is 2.43. The van der Waals surface area contributed by atoms with Crippen LogP contribution >= 0.6 is 27.5 Å². The van der Waals surface area contributed by atoms with Crippen LogP contribution in [0, 0.1) is 6.92 Å². The summed E-state index contributed by atoms with van der Waals surface area (Å²) >= 11 is 9.17. The van der Waals surface area contributed by atoms with Gasteiger partial charge in [0.15, 0.2) is 0 Å². The van der Waals surface area contributed by atoms with Crippen LogP contribution in [0.25, 0.3) is 0 Å². The molecule has 6 heteroatoms. The molecule has 0 saturated carbocycles. The second kappa shape index (κ2) is 6.28. The second-order valence-electron chi connectivity index (χ2n) is 4.41. The Morgan fingerprint density at radius 1 is 1.19 bits per heavy atom. The van der Waals surface area contributed by atoms with E-state index in [4.69, 9.17) is 16.7 Å². The first kappa shape index (κ1) is 15.5. The Kier molecular flexibility index (Phi) is 4.65. The Balaban J connectivity index is 2.33. The van der Waals surface area contributed by atoms with Gasteiger partial charge in [-0.05, 0) is 58.7 Å². The van der Waals surface area contributed by atoms with E-state index in [-0.39, 0.29) is 11.5 Å². The van der Waals surface area contributed by atoms with Gasteiger partial charge < -0.3 is 10.4 Å². The van der Waals surface area contributed by atoms with Crippen LogP contribution in [0.1, 0.15) is 26.3 Å². The molecule has 0 heterocycles. The van der Waals surface area contributed by atoms with E-state index in [1.807, 2.05) is 0 Å². The lowest BCUT2D eigenvalue weighted by atomic mass is 10.1. The number of hydrogen-bond acceptors (Lipinski definition) is 2. The Hall–Kier alpha value is -1.85. The number of aromatic carboxylic acids is 1. The summed E-state index contributed by atoms with van der Waals surface area (Å²) in [7, 11) is 0. The zero-order valence-electron chi connectivity index (χ0n) is 11.0. The minimum absolute atomic E-state index is 0.0938. The number of nitrogens with one attached hydrogen (secondary N) is 1. The minimum Gasteiger partial charge on any atom is -0.478 e. The molecule has 0 spiro atoms. The van der Waals surface area contributed by atoms with E-state index in [0.29, 0.717) is 20.7 Å². The van der Waals surface area contributed by atoms with E-state index < -0.39 is 5.97 Å². The van der Waals surface area contributed by atoms with Gasteiger partial charge in [-0.15, -0.1) is 0 Å². The Morgan fingerprint density at radius 3 is 2.57 bits per heavy atom. The molecule has 0 aromatic heterocycles. The van der Waals surface area contributed by atoms with Crippen LogP contribution in [0.2, 0.25) is 5.02 Å². The normalized spacial score (nSPS) is 10.2. The fraction of sp³-hybridized carbons (Fsp3) is 0.0667. The molecule has 0 aliphatic heterocycles. The maximum atomic E-state index is 12.3. The summed E-state index contributed by atoms with van der Waals surface area (Å²) in [6, 6.07) is 9.44. The minimum atomic E-state index is -1.06. The second-order valence-corrected chi connectivity index (χ2v) is 5.70. The topological polar surface area (TPSA) is 66.4 Å². The number of hydrogen-bond donors (Lipinski definition) is 2. The number of carboxylic acid groups (broad SMARTS) is 1. The van der Waals surface area contributed by atoms with Crippen molar-refractivity contribution >= 4 is 45.1 Å². The first-order valence-corrected chi connectivity index (χ1v) is 7.16. The van der Waals surface area contributed by atoms with Gasteiger partial charge in [0.1, 0.15) is 0 Å². The van der Waals surface area contributed by atoms with Crippen LogP contribution in [-0.2, 0) is 0 Å². The van der Waals surface area contributed by atoms with E-state index in [1.54, 1.807) is 31.2 Å². The van der Waals surface area contributed by atoms with Crippen molar-refractivity contribution < 1.29 is 14.7 Å². The number of halogens is 2. The van der Waals surface area contributed by atoms with E-state index in [0.717, 1.165) is 5.56 Å². The number of aryl methyl sites for hydroxylation is 1. The molecule has 21 heavy (non-hydrogen) atoms. The molecule has 0 aliphatic carbocycles. The fourth-order valence-corrected chi connectivity index (χ4v) is 2.30. The van der Waals surface area contributed by atoms with Gasteiger partial charge >= 0.3 is 5.97 Å². The van der Waals surface area contributed by atoms with Crippen molar-refractivity contribution in [2.24, 2.45) is 0 Å². The van der Waals surface area contributed by atoms with Crippen LogP contribution in [0.3, 0.4) is 0 Å². The standard InChI is InChI=1S/C15H11BrClNO3/c1-8-2-4-10(17)7-11(8)14(19)18-13-6-9(15(20)21)3-5-12(13)16/h2-7H,1H3,(H,18,19)(H,20,21). The zero-order valence-corrected chi connectivity index (χ0v) is 13.3. The molecule has 0 aliphatic rings. The quantitative estimate of drug-likeness (QED) is 0.846. The van der Waals surface area contributed by atoms with Gasteiger partial charge in [0, 0.05) is 15.1 Å². The largest absolute Gasteiger partial charge is 0.478 e. The Bertz CT molecular complexity index is 731. The molecule has 0 saturated heterocycles. The summed E-state index contributed by atoms with van der Waals surface area (Å²) in [5, 5.41) is 12.1. The highest BCUT2D eigenvalue weighted by Gasteiger charge is 2.13. The molecule has 0 unspecified atom stereocenters. The van der Waals surface area contributed by atoms with Gasteiger partial charge in [-0.1, -0.05) is 17.7 Å². The van der Waals surface area contributed by atoms with E-state index in [1.165, 1.54) is 12.1 Å². The lowest BCUT2D eigenvalue weighted by Crippen LogP contribution is -2.14. The third-order valence-electron chi connectivity index (χ3n) is 2.91. The highest BCUT2D eigenvalue weighted by molar-refractivity contribution is 9.10. The van der Waals surface area contributed by atoms with Crippen molar-refractivity contribution in [2.45, 2.75) is 6.92 Å². The predicted octanol–water partition coefficient (Wildman–Crippen LogP) is 4.36. The third-order valence-corrected chi connectivity index (χ3v) is 3.83. The number of benzene rings is 2. The van der Waals surface area contributed by atoms with Crippen molar-refractivity contribution in [3.05, 3.63) is 62.6 Å². The molecule has 1 amide bonds. The van der Waals surface area contributed by atoms with Crippen molar-refractivity contribution in [1.29, 1.82) is 0 Å². The molecular formula is C15H11BrClNO3. The van der Waals surface area contributed by atoms with Gasteiger partial charge in [-0.25, -0.2) is 4.79 Å². The lowest BCUT2D eigenvalue weighted by molar-refractivity contribution is 0.0696. The summed E-state index contributed by atoms with van der Waals surface area (Å²) in [6.45, 7) is 1.80. The summed E-state index contributed by atoms with van der Waals surface area (Å²) in [5.74, 6) is -1.41. The average molecular weight is 369 g/mol. The summed E-state index contributed by atoms with van der Waals surface area (Å²) in [6.07, 6.45) is 0. The predicted molar refractivity (Wildman–Crippen MR) is 85.2 cm³/mol. The third kappa shape index (κ3) is 3.62. The zero-order chi connectivity index (χ0) is 15.6. The summed E-state index contributed by atoms with van der Waals surface area (Å²) < 4.78 is 0.598. The Labute approximate surface area is 134 Å². The molecule has 0 bridgehead atoms. The molecule has 108 valence electrons. The van der Waals surface area contributed by atoms with Crippen LogP contribution < -0.4 is 5.32 Å². The van der Waals surface area contributed by atoms with Crippen molar-refractivity contribution in [1.82, 2.24) is 0 Å². The van der Waals surface area contributed by atoms with Gasteiger partial charge in [-0.3, -0.25) is 4.79 Å². The first-order chi connectivity index (χ1) is 9.88. The van der Waals surface area contributed by atoms with E-state index >= 15 is 0 Å². The molecule has 0 atom stereocenters. The first-order valence-electron chi connectivity index (χ1n) is 5.99. The number of anilines is 1. The molecule has 2 rings (SSSR count). The van der Waals surface area contributed by atoms with E-state index in [9.17, 15) is 9.59 Å². The number of carbonyl (C=O) groups is 2. The monoisotopic (exact) mass is 367 g/mol. The SMILES string of the molecule is Cc1ccc(Cl)cc1C(=O)Nc1cc(C(=O)O)ccc1Br. The van der Waals surface area contributed by atoms with Crippen LogP contribution in [0.5, 0.6) is 0 Å². The van der Waals surface area contributed by atoms with Crippen molar-refractivity contribution in [3.63, 3.8) is 0 Å². The van der Waals surface area contributed by atoms with Gasteiger partial charge in [0.25, 0.3) is 5.91 Å². The lowest BCUT2D eigenvalue weighted by Gasteiger charge is -2.10. The highest BCUT2D eigenvalue weighted by atomic mass is 79.9. The van der Waals surface area contributed by atoms with Crippen LogP contribution in [0.15, 0.2) is 40.9 Å². The number of rotatable bonds is 3. The van der Waals surface area contributed by atoms with Crippen molar-refractivity contribution in [3.8, 4) is 0 Å². The molecular weight excluding hydrogens is 358 g/mol. The summed E-state index contributed by atoms with van der Waals surface area (Å²) in [5.41, 5.74) is 1.70.